The van der Waals surface area contributed by atoms with Gasteiger partial charge in [-0.05, 0) is 0 Å². The van der Waals surface area contributed by atoms with Gasteiger partial charge >= 0.3 is 0 Å². The van der Waals surface area contributed by atoms with Gasteiger partial charge < -0.3 is 29.2 Å². The fraction of sp³-hybridized carbons (Fsp3) is 0.615. The Hall–Kier alpha value is -1.85. The van der Waals surface area contributed by atoms with E-state index in [1.807, 2.05) is 0 Å². The van der Waals surface area contributed by atoms with Crippen LogP contribution in [0.15, 0.2) is 12.7 Å². The van der Waals surface area contributed by atoms with Crippen LogP contribution < -0.4 is 0 Å². The summed E-state index contributed by atoms with van der Waals surface area (Å²) in [6, 6.07) is 0. The minimum Gasteiger partial charge on any atom is -0.492 e. The molecular formula is C13H16N4O6. The zero-order valence-corrected chi connectivity index (χ0v) is 12.3. The maximum Gasteiger partial charge on any atom is 0.242 e. The molecule has 0 saturated carbocycles. The summed E-state index contributed by atoms with van der Waals surface area (Å²) in [6.07, 6.45) is 0.241. The molecule has 2 aromatic rings. The number of hydrogen-bond acceptors (Lipinski definition) is 9. The molecule has 0 bridgehead atoms. The molecule has 0 aromatic carbocycles. The number of imidazole rings is 1. The second kappa shape index (κ2) is 5.65. The molecule has 0 spiro atoms. The number of nitrogens with zero attached hydrogens (tertiary/aromatic N) is 4. The van der Waals surface area contributed by atoms with Crippen molar-refractivity contribution in [3.63, 3.8) is 0 Å². The predicted molar refractivity (Wildman–Crippen MR) is 73.4 cm³/mol. The Bertz CT molecular complexity index is 709. The van der Waals surface area contributed by atoms with Crippen LogP contribution in [0, 0.1) is 0 Å². The van der Waals surface area contributed by atoms with Gasteiger partial charge in [-0.25, -0.2) is 9.97 Å². The fourth-order valence-corrected chi connectivity index (χ4v) is 3.01. The minimum absolute atomic E-state index is 0.201. The second-order valence-corrected chi connectivity index (χ2v) is 5.36. The van der Waals surface area contributed by atoms with Crippen molar-refractivity contribution in [1.82, 2.24) is 19.5 Å². The largest absolute Gasteiger partial charge is 0.492 e. The summed E-state index contributed by atoms with van der Waals surface area (Å²) in [4.78, 5) is 11.9. The van der Waals surface area contributed by atoms with Crippen molar-refractivity contribution in [1.29, 1.82) is 0 Å². The van der Waals surface area contributed by atoms with Crippen LogP contribution in [0.4, 0.5) is 0 Å². The second-order valence-electron chi connectivity index (χ2n) is 5.36. The lowest BCUT2D eigenvalue weighted by Gasteiger charge is -2.20. The quantitative estimate of drug-likeness (QED) is 0.742. The summed E-state index contributed by atoms with van der Waals surface area (Å²) in [5.41, 5.74) is 0.686. The Morgan fingerprint density at radius 2 is 2.04 bits per heavy atom. The van der Waals surface area contributed by atoms with Crippen molar-refractivity contribution in [3.05, 3.63) is 12.7 Å². The summed E-state index contributed by atoms with van der Waals surface area (Å²) >= 11 is 0. The first kappa shape index (κ1) is 14.7. The first-order valence-electron chi connectivity index (χ1n) is 7.15. The summed E-state index contributed by atoms with van der Waals surface area (Å²) in [5, 5.41) is 19.3. The predicted octanol–water partition coefficient (Wildman–Crippen LogP) is -0.822. The third-order valence-electron chi connectivity index (χ3n) is 4.00. The van der Waals surface area contributed by atoms with E-state index in [1.54, 1.807) is 11.7 Å². The normalized spacial score (nSPS) is 33.4. The van der Waals surface area contributed by atoms with Crippen molar-refractivity contribution in [3.8, 4) is 5.88 Å². The molecule has 4 rings (SSSR count). The number of hydrogen-bond donors (Lipinski definition) is 2. The molecule has 0 aliphatic carbocycles. The van der Waals surface area contributed by atoms with Gasteiger partial charge in [0.25, 0.3) is 0 Å². The van der Waals surface area contributed by atoms with Gasteiger partial charge in [0.1, 0.15) is 24.6 Å². The molecule has 2 fully saturated rings. The Kier molecular flexibility index (Phi) is 3.62. The van der Waals surface area contributed by atoms with Crippen LogP contribution in [-0.2, 0) is 18.9 Å². The molecule has 2 N–H and O–H groups in total. The molecule has 2 aromatic heterocycles. The third-order valence-corrected chi connectivity index (χ3v) is 4.00. The first-order chi connectivity index (χ1) is 11.2. The highest BCUT2D eigenvalue weighted by Crippen LogP contribution is 2.40. The summed E-state index contributed by atoms with van der Waals surface area (Å²) < 4.78 is 24.1. The molecule has 124 valence electrons. The molecule has 10 nitrogen and oxygen atoms in total. The van der Waals surface area contributed by atoms with E-state index in [2.05, 4.69) is 15.0 Å². The molecule has 5 atom stereocenters. The number of aliphatic hydroxyl groups excluding tert-OH is 1. The lowest BCUT2D eigenvalue weighted by Crippen LogP contribution is -2.31. The van der Waals surface area contributed by atoms with Gasteiger partial charge in [0.15, 0.2) is 23.7 Å². The molecule has 0 amide bonds. The summed E-state index contributed by atoms with van der Waals surface area (Å²) in [5.74, 6) is -0.206. The molecule has 1 unspecified atom stereocenters. The fourth-order valence-electron chi connectivity index (χ4n) is 3.01. The van der Waals surface area contributed by atoms with E-state index < -0.39 is 30.8 Å². The lowest BCUT2D eigenvalue weighted by molar-refractivity contribution is -0.166. The van der Waals surface area contributed by atoms with Crippen LogP contribution in [0.3, 0.4) is 0 Å². The highest BCUT2D eigenvalue weighted by molar-refractivity contribution is 5.75. The number of aromatic nitrogens is 4. The smallest absolute Gasteiger partial charge is 0.242 e. The third kappa shape index (κ3) is 2.26. The summed E-state index contributed by atoms with van der Waals surface area (Å²) in [7, 11) is 1.56. The van der Waals surface area contributed by atoms with E-state index >= 15 is 0 Å². The van der Waals surface area contributed by atoms with E-state index in [9.17, 15) is 10.2 Å². The topological polar surface area (TPSA) is 121 Å². The average Bonchev–Trinajstić information content (AvgIpc) is 3.21. The molecule has 23 heavy (non-hydrogen) atoms. The van der Waals surface area contributed by atoms with Crippen LogP contribution >= 0.6 is 0 Å². The van der Waals surface area contributed by atoms with E-state index in [1.165, 1.54) is 12.7 Å². The van der Waals surface area contributed by atoms with Crippen molar-refractivity contribution in [2.45, 2.75) is 30.8 Å². The van der Waals surface area contributed by atoms with Gasteiger partial charge in [-0.15, -0.1) is 0 Å². The van der Waals surface area contributed by atoms with E-state index in [-0.39, 0.29) is 24.6 Å². The van der Waals surface area contributed by atoms with Gasteiger partial charge in [-0.1, -0.05) is 0 Å². The van der Waals surface area contributed by atoms with Crippen LogP contribution in [0.2, 0.25) is 0 Å². The zero-order chi connectivity index (χ0) is 16.0. The van der Waals surface area contributed by atoms with E-state index in [0.717, 1.165) is 0 Å². The van der Waals surface area contributed by atoms with Crippen LogP contribution in [0.25, 0.3) is 11.2 Å². The number of aromatic hydroxyl groups is 1. The number of ether oxygens (including phenoxy) is 4. The summed E-state index contributed by atoms with van der Waals surface area (Å²) in [6.45, 7) is 0.0824. The van der Waals surface area contributed by atoms with Crippen LogP contribution in [-0.4, -0.2) is 74.7 Å². The van der Waals surface area contributed by atoms with Crippen LogP contribution in [0.1, 0.15) is 6.23 Å². The Morgan fingerprint density at radius 3 is 2.83 bits per heavy atom. The molecule has 2 aliphatic rings. The maximum absolute atomic E-state index is 9.74. The highest BCUT2D eigenvalue weighted by atomic mass is 16.8. The molecule has 0 radical (unpaired) electrons. The van der Waals surface area contributed by atoms with Gasteiger partial charge in [-0.3, -0.25) is 4.57 Å². The van der Waals surface area contributed by atoms with E-state index in [0.29, 0.717) is 5.65 Å². The van der Waals surface area contributed by atoms with Gasteiger partial charge in [0, 0.05) is 7.11 Å². The van der Waals surface area contributed by atoms with Crippen molar-refractivity contribution >= 4 is 11.2 Å². The number of rotatable bonds is 4. The molecule has 4 heterocycles. The number of methoxy groups -OCH3 is 1. The highest BCUT2D eigenvalue weighted by Gasteiger charge is 2.53. The molecule has 2 aliphatic heterocycles. The minimum atomic E-state index is -0.585. The molecule has 10 heteroatoms. The Labute approximate surface area is 130 Å². The Balaban J connectivity index is 1.69. The zero-order valence-electron chi connectivity index (χ0n) is 12.3. The average molecular weight is 324 g/mol. The Morgan fingerprint density at radius 1 is 1.22 bits per heavy atom. The molecular weight excluding hydrogens is 308 g/mol. The van der Waals surface area contributed by atoms with Crippen molar-refractivity contribution in [2.24, 2.45) is 0 Å². The van der Waals surface area contributed by atoms with Crippen molar-refractivity contribution in [2.75, 3.05) is 20.3 Å². The monoisotopic (exact) mass is 324 g/mol. The van der Waals surface area contributed by atoms with Crippen LogP contribution in [0.5, 0.6) is 5.88 Å². The van der Waals surface area contributed by atoms with Gasteiger partial charge in [0.05, 0.1) is 19.5 Å². The lowest BCUT2D eigenvalue weighted by atomic mass is 10.1. The molecule has 2 saturated heterocycles. The first-order valence-corrected chi connectivity index (χ1v) is 7.15. The van der Waals surface area contributed by atoms with Gasteiger partial charge in [0.2, 0.25) is 5.88 Å². The standard InChI is InChI=1S/C13H16N4O6/c1-20-3-7-22-9-6(2-18)21-13(10(9)23-7)17-5-16-8-11(17)14-4-15-12(8)19/h4-7,9-10,13,18H,2-3H2,1H3,(H,14,15,19)/t6-,7?,9-,10-,13-/m1/s1. The maximum atomic E-state index is 9.74. The number of fused-ring (bicyclic) bond motifs is 2. The van der Waals surface area contributed by atoms with E-state index in [4.69, 9.17) is 18.9 Å². The van der Waals surface area contributed by atoms with Crippen molar-refractivity contribution < 1.29 is 29.2 Å². The number of aliphatic hydroxyl groups is 1. The SMILES string of the molecule is COCC1O[C@@H]2[C@H](O1)[C@@H](CO)O[C@H]2n1cnc2c(O)ncnc21. The van der Waals surface area contributed by atoms with Gasteiger partial charge in [-0.2, -0.15) is 4.98 Å².